The van der Waals surface area contributed by atoms with Gasteiger partial charge in [0, 0.05) is 18.5 Å². The summed E-state index contributed by atoms with van der Waals surface area (Å²) in [7, 11) is 1.64. The van der Waals surface area contributed by atoms with E-state index < -0.39 is 0 Å². The van der Waals surface area contributed by atoms with Crippen LogP contribution in [0.4, 0.5) is 0 Å². The molecule has 2 aromatic rings. The van der Waals surface area contributed by atoms with E-state index in [1.807, 2.05) is 19.1 Å². The maximum Gasteiger partial charge on any atom is 0.203 e. The molecule has 0 radical (unpaired) electrons. The maximum atomic E-state index is 5.63. The molecule has 112 valence electrons. The number of ether oxygens (including phenoxy) is 3. The van der Waals surface area contributed by atoms with E-state index in [0.717, 1.165) is 35.1 Å². The highest BCUT2D eigenvalue weighted by Crippen LogP contribution is 2.40. The van der Waals surface area contributed by atoms with Crippen molar-refractivity contribution in [2.45, 2.75) is 20.0 Å². The van der Waals surface area contributed by atoms with Gasteiger partial charge in [0.15, 0.2) is 11.5 Å². The molecule has 6 heteroatoms. The molecule has 2 heterocycles. The third-order valence-corrected chi connectivity index (χ3v) is 4.01. The molecular weight excluding hydrogens is 288 g/mol. The summed E-state index contributed by atoms with van der Waals surface area (Å²) in [5.74, 6) is 2.16. The smallest absolute Gasteiger partial charge is 0.203 e. The number of fused-ring (bicyclic) bond motifs is 1. The largest absolute Gasteiger partial charge is 0.493 e. The van der Waals surface area contributed by atoms with Crippen molar-refractivity contribution in [3.63, 3.8) is 0 Å². The summed E-state index contributed by atoms with van der Waals surface area (Å²) >= 11 is 1.67. The van der Waals surface area contributed by atoms with Gasteiger partial charge in [-0.2, -0.15) is 0 Å². The van der Waals surface area contributed by atoms with Gasteiger partial charge >= 0.3 is 0 Å². The number of thiazole rings is 1. The zero-order chi connectivity index (χ0) is 14.7. The van der Waals surface area contributed by atoms with Crippen LogP contribution in [0.3, 0.4) is 0 Å². The van der Waals surface area contributed by atoms with Crippen LogP contribution in [0.5, 0.6) is 17.2 Å². The van der Waals surface area contributed by atoms with Crippen LogP contribution in [0.15, 0.2) is 17.5 Å². The molecule has 0 saturated heterocycles. The van der Waals surface area contributed by atoms with Gasteiger partial charge < -0.3 is 19.5 Å². The van der Waals surface area contributed by atoms with Crippen LogP contribution in [-0.4, -0.2) is 25.3 Å². The van der Waals surface area contributed by atoms with Crippen LogP contribution >= 0.6 is 11.3 Å². The predicted molar refractivity (Wildman–Crippen MR) is 81.4 cm³/mol. The summed E-state index contributed by atoms with van der Waals surface area (Å²) in [6, 6.07) is 3.98. The number of aryl methyl sites for hydroxylation is 1. The van der Waals surface area contributed by atoms with E-state index >= 15 is 0 Å². The SMILES string of the molecule is COc1cc(CNCc2csc(C)n2)cc2c1OCCO2. The Hall–Kier alpha value is -1.79. The molecule has 1 aliphatic rings. The Labute approximate surface area is 127 Å². The lowest BCUT2D eigenvalue weighted by Gasteiger charge is -2.21. The van der Waals surface area contributed by atoms with Crippen molar-refractivity contribution in [3.05, 3.63) is 33.8 Å². The molecule has 0 spiro atoms. The number of hydrogen-bond donors (Lipinski definition) is 1. The summed E-state index contributed by atoms with van der Waals surface area (Å²) in [5.41, 5.74) is 2.17. The first-order chi connectivity index (χ1) is 10.3. The van der Waals surface area contributed by atoms with Crippen LogP contribution in [0.25, 0.3) is 0 Å². The molecule has 0 unspecified atom stereocenters. The molecule has 5 nitrogen and oxygen atoms in total. The lowest BCUT2D eigenvalue weighted by Crippen LogP contribution is -2.17. The Morgan fingerprint density at radius 2 is 2.14 bits per heavy atom. The lowest BCUT2D eigenvalue weighted by atomic mass is 10.1. The van der Waals surface area contributed by atoms with E-state index in [9.17, 15) is 0 Å². The van der Waals surface area contributed by atoms with Crippen molar-refractivity contribution in [1.29, 1.82) is 0 Å². The van der Waals surface area contributed by atoms with Crippen molar-refractivity contribution in [2.24, 2.45) is 0 Å². The Balaban J connectivity index is 1.67. The summed E-state index contributed by atoms with van der Waals surface area (Å²) < 4.78 is 16.6. The minimum atomic E-state index is 0.560. The van der Waals surface area contributed by atoms with Crippen molar-refractivity contribution < 1.29 is 14.2 Å². The fraction of sp³-hybridized carbons (Fsp3) is 0.400. The second-order valence-electron chi connectivity index (χ2n) is 4.78. The minimum absolute atomic E-state index is 0.560. The van der Waals surface area contributed by atoms with Crippen molar-refractivity contribution in [3.8, 4) is 17.2 Å². The van der Waals surface area contributed by atoms with Crippen molar-refractivity contribution in [1.82, 2.24) is 10.3 Å². The molecule has 21 heavy (non-hydrogen) atoms. The van der Waals surface area contributed by atoms with E-state index in [4.69, 9.17) is 14.2 Å². The third-order valence-electron chi connectivity index (χ3n) is 3.19. The Bertz CT molecular complexity index is 610. The highest BCUT2D eigenvalue weighted by molar-refractivity contribution is 7.09. The number of methoxy groups -OCH3 is 1. The van der Waals surface area contributed by atoms with E-state index in [1.54, 1.807) is 18.4 Å². The van der Waals surface area contributed by atoms with Gasteiger partial charge in [0.05, 0.1) is 17.8 Å². The van der Waals surface area contributed by atoms with E-state index in [1.165, 1.54) is 0 Å². The van der Waals surface area contributed by atoms with Gasteiger partial charge in [-0.25, -0.2) is 4.98 Å². The monoisotopic (exact) mass is 306 g/mol. The normalized spacial score (nSPS) is 13.2. The van der Waals surface area contributed by atoms with Gasteiger partial charge in [-0.05, 0) is 24.6 Å². The van der Waals surface area contributed by atoms with Gasteiger partial charge in [0.1, 0.15) is 13.2 Å². The molecule has 0 aliphatic carbocycles. The van der Waals surface area contributed by atoms with E-state index in [0.29, 0.717) is 24.7 Å². The predicted octanol–water partition coefficient (Wildman–Crippen LogP) is 2.52. The molecule has 0 bridgehead atoms. The Kier molecular flexibility index (Phi) is 4.26. The van der Waals surface area contributed by atoms with Crippen LogP contribution < -0.4 is 19.5 Å². The number of rotatable bonds is 5. The fourth-order valence-electron chi connectivity index (χ4n) is 2.25. The third kappa shape index (κ3) is 3.28. The van der Waals surface area contributed by atoms with Crippen molar-refractivity contribution in [2.75, 3.05) is 20.3 Å². The summed E-state index contributed by atoms with van der Waals surface area (Å²) in [5, 5.41) is 6.55. The second-order valence-corrected chi connectivity index (χ2v) is 5.85. The van der Waals surface area contributed by atoms with Crippen LogP contribution in [0.2, 0.25) is 0 Å². The molecule has 1 aliphatic heterocycles. The molecular formula is C15H18N2O3S. The first-order valence-electron chi connectivity index (χ1n) is 6.84. The zero-order valence-corrected chi connectivity index (χ0v) is 13.0. The van der Waals surface area contributed by atoms with Gasteiger partial charge in [0.2, 0.25) is 5.75 Å². The maximum absolute atomic E-state index is 5.63. The van der Waals surface area contributed by atoms with E-state index in [2.05, 4.69) is 15.7 Å². The topological polar surface area (TPSA) is 52.6 Å². The molecule has 0 amide bonds. The molecule has 0 saturated carbocycles. The first kappa shape index (κ1) is 14.2. The van der Waals surface area contributed by atoms with Crippen molar-refractivity contribution >= 4 is 11.3 Å². The molecule has 1 N–H and O–H groups in total. The number of hydrogen-bond acceptors (Lipinski definition) is 6. The summed E-state index contributed by atoms with van der Waals surface area (Å²) in [4.78, 5) is 4.43. The Morgan fingerprint density at radius 1 is 1.29 bits per heavy atom. The highest BCUT2D eigenvalue weighted by Gasteiger charge is 2.18. The standard InChI is InChI=1S/C15H18N2O3S/c1-10-17-12(9-21-10)8-16-7-11-5-13(18-2)15-14(6-11)19-3-4-20-15/h5-6,9,16H,3-4,7-8H2,1-2H3. The average Bonchev–Trinajstić information content (AvgIpc) is 2.92. The summed E-state index contributed by atoms with van der Waals surface area (Å²) in [6.07, 6.45) is 0. The quantitative estimate of drug-likeness (QED) is 0.920. The fourth-order valence-corrected chi connectivity index (χ4v) is 2.87. The van der Waals surface area contributed by atoms with Gasteiger partial charge in [-0.15, -0.1) is 11.3 Å². The molecule has 0 fully saturated rings. The van der Waals surface area contributed by atoms with Crippen LogP contribution in [0.1, 0.15) is 16.3 Å². The number of benzene rings is 1. The number of nitrogens with zero attached hydrogens (tertiary/aromatic N) is 1. The molecule has 1 aromatic heterocycles. The van der Waals surface area contributed by atoms with Gasteiger partial charge in [-0.1, -0.05) is 0 Å². The summed E-state index contributed by atoms with van der Waals surface area (Å²) in [6.45, 7) is 4.62. The van der Waals surface area contributed by atoms with Crippen LogP contribution in [0, 0.1) is 6.92 Å². The molecule has 1 aromatic carbocycles. The number of aromatic nitrogens is 1. The zero-order valence-electron chi connectivity index (χ0n) is 12.1. The van der Waals surface area contributed by atoms with E-state index in [-0.39, 0.29) is 0 Å². The van der Waals surface area contributed by atoms with Gasteiger partial charge in [0.25, 0.3) is 0 Å². The second kappa shape index (κ2) is 6.32. The Morgan fingerprint density at radius 3 is 2.90 bits per heavy atom. The minimum Gasteiger partial charge on any atom is -0.493 e. The van der Waals surface area contributed by atoms with Crippen LogP contribution in [-0.2, 0) is 13.1 Å². The first-order valence-corrected chi connectivity index (χ1v) is 7.72. The lowest BCUT2D eigenvalue weighted by molar-refractivity contribution is 0.165. The molecule has 0 atom stereocenters. The van der Waals surface area contributed by atoms with Gasteiger partial charge in [-0.3, -0.25) is 0 Å². The average molecular weight is 306 g/mol. The highest BCUT2D eigenvalue weighted by atomic mass is 32.1. The molecule has 3 rings (SSSR count). The number of nitrogens with one attached hydrogen (secondary N) is 1.